The van der Waals surface area contributed by atoms with E-state index in [1.807, 2.05) is 0 Å². The highest BCUT2D eigenvalue weighted by Gasteiger charge is 2.43. The molecule has 0 aromatic rings. The number of ether oxygens (including phenoxy) is 2. The molecule has 100 valence electrons. The van der Waals surface area contributed by atoms with Gasteiger partial charge in [0.2, 0.25) is 0 Å². The third-order valence-corrected chi connectivity index (χ3v) is 2.87. The zero-order valence-electron chi connectivity index (χ0n) is 9.68. The van der Waals surface area contributed by atoms with E-state index in [1.54, 1.807) is 6.92 Å². The zero-order valence-corrected chi connectivity index (χ0v) is 9.68. The van der Waals surface area contributed by atoms with Gasteiger partial charge < -0.3 is 29.9 Å². The Morgan fingerprint density at radius 1 is 1.41 bits per heavy atom. The maximum Gasteiger partial charge on any atom is 0.332 e. The van der Waals surface area contributed by atoms with E-state index in [2.05, 4.69) is 0 Å². The molecule has 1 rings (SSSR count). The highest BCUT2D eigenvalue weighted by molar-refractivity contribution is 5.71. The lowest BCUT2D eigenvalue weighted by atomic mass is 9.92. The Morgan fingerprint density at radius 2 is 2.00 bits per heavy atom. The second-order valence-corrected chi connectivity index (χ2v) is 4.18. The fourth-order valence-electron chi connectivity index (χ4n) is 1.64. The summed E-state index contributed by atoms with van der Waals surface area (Å²) in [4.78, 5) is 10.6. The van der Waals surface area contributed by atoms with Crippen LogP contribution >= 0.6 is 0 Å². The quantitative estimate of drug-likeness (QED) is 0.482. The number of carboxylic acids is 1. The van der Waals surface area contributed by atoms with Crippen LogP contribution in [0.2, 0.25) is 0 Å². The third kappa shape index (κ3) is 3.14. The van der Waals surface area contributed by atoms with E-state index in [0.717, 1.165) is 0 Å². The van der Waals surface area contributed by atoms with E-state index in [4.69, 9.17) is 19.7 Å². The Hall–Kier alpha value is -0.730. The first-order chi connectivity index (χ1) is 7.88. The SMILES string of the molecule is CC1C(O[C@@H](C)C(=O)O)OC(CO)[C@@H](O)[C@@H]1O. The smallest absolute Gasteiger partial charge is 0.332 e. The first-order valence-electron chi connectivity index (χ1n) is 5.39. The van der Waals surface area contributed by atoms with Crippen molar-refractivity contribution in [2.45, 2.75) is 44.6 Å². The zero-order chi connectivity index (χ0) is 13.2. The van der Waals surface area contributed by atoms with Gasteiger partial charge >= 0.3 is 5.97 Å². The number of aliphatic hydroxyl groups is 3. The Balaban J connectivity index is 2.68. The summed E-state index contributed by atoms with van der Waals surface area (Å²) in [5.74, 6) is -1.74. The Labute approximate surface area is 98.6 Å². The molecule has 3 unspecified atom stereocenters. The van der Waals surface area contributed by atoms with Gasteiger partial charge in [-0.25, -0.2) is 4.79 Å². The van der Waals surface area contributed by atoms with Crippen molar-refractivity contribution in [3.05, 3.63) is 0 Å². The number of aliphatic carboxylic acids is 1. The molecule has 0 saturated carbocycles. The first-order valence-corrected chi connectivity index (χ1v) is 5.39. The minimum absolute atomic E-state index is 0.480. The summed E-state index contributed by atoms with van der Waals surface area (Å²) < 4.78 is 10.3. The van der Waals surface area contributed by atoms with Gasteiger partial charge in [-0.2, -0.15) is 0 Å². The summed E-state index contributed by atoms with van der Waals surface area (Å²) in [6.07, 6.45) is -5.39. The predicted molar refractivity (Wildman–Crippen MR) is 55.1 cm³/mol. The molecule has 7 heteroatoms. The molecular weight excluding hydrogens is 232 g/mol. The summed E-state index contributed by atoms with van der Waals surface area (Å²) >= 11 is 0. The number of hydrogen-bond acceptors (Lipinski definition) is 6. The van der Waals surface area contributed by atoms with Gasteiger partial charge in [0.05, 0.1) is 12.7 Å². The van der Waals surface area contributed by atoms with E-state index < -0.39 is 49.2 Å². The maximum atomic E-state index is 10.6. The van der Waals surface area contributed by atoms with E-state index in [-0.39, 0.29) is 0 Å². The van der Waals surface area contributed by atoms with Crippen LogP contribution in [0.5, 0.6) is 0 Å². The van der Waals surface area contributed by atoms with Crippen molar-refractivity contribution >= 4 is 5.97 Å². The summed E-state index contributed by atoms with van der Waals surface area (Å²) in [6, 6.07) is 0. The molecule has 1 aliphatic heterocycles. The van der Waals surface area contributed by atoms with Crippen LogP contribution in [-0.2, 0) is 14.3 Å². The molecule has 0 amide bonds. The topological polar surface area (TPSA) is 116 Å². The molecule has 0 aromatic carbocycles. The van der Waals surface area contributed by atoms with E-state index in [1.165, 1.54) is 6.92 Å². The van der Waals surface area contributed by atoms with Crippen LogP contribution in [0.1, 0.15) is 13.8 Å². The monoisotopic (exact) mass is 250 g/mol. The van der Waals surface area contributed by atoms with Gasteiger partial charge in [0.1, 0.15) is 12.2 Å². The van der Waals surface area contributed by atoms with Crippen molar-refractivity contribution < 1.29 is 34.7 Å². The largest absolute Gasteiger partial charge is 0.479 e. The number of hydrogen-bond donors (Lipinski definition) is 4. The molecular formula is C10H18O7. The van der Waals surface area contributed by atoms with Gasteiger partial charge in [-0.15, -0.1) is 0 Å². The van der Waals surface area contributed by atoms with Crippen LogP contribution in [-0.4, -0.2) is 63.7 Å². The molecule has 1 aliphatic rings. The van der Waals surface area contributed by atoms with Crippen molar-refractivity contribution in [3.63, 3.8) is 0 Å². The lowest BCUT2D eigenvalue weighted by molar-refractivity contribution is -0.291. The molecule has 17 heavy (non-hydrogen) atoms. The summed E-state index contributed by atoms with van der Waals surface area (Å²) in [5.41, 5.74) is 0. The minimum atomic E-state index is -1.21. The van der Waals surface area contributed by atoms with Crippen molar-refractivity contribution in [3.8, 4) is 0 Å². The normalized spacial score (nSPS) is 39.9. The second kappa shape index (κ2) is 5.74. The lowest BCUT2D eigenvalue weighted by Crippen LogP contribution is -2.56. The molecule has 1 saturated heterocycles. The van der Waals surface area contributed by atoms with Crippen molar-refractivity contribution in [1.82, 2.24) is 0 Å². The average molecular weight is 250 g/mol. The second-order valence-electron chi connectivity index (χ2n) is 4.18. The van der Waals surface area contributed by atoms with Crippen LogP contribution in [0.4, 0.5) is 0 Å². The van der Waals surface area contributed by atoms with Crippen LogP contribution < -0.4 is 0 Å². The van der Waals surface area contributed by atoms with Crippen LogP contribution in [0, 0.1) is 5.92 Å². The summed E-state index contributed by atoms with van der Waals surface area (Å²) in [7, 11) is 0. The molecule has 0 aliphatic carbocycles. The standard InChI is InChI=1S/C10H18O7/c1-4-7(12)8(13)6(3-11)17-10(4)16-5(2)9(14)15/h4-8,10-13H,3H2,1-2H3,(H,14,15)/t4?,5-,6?,7+,8+,10?/m0/s1. The van der Waals surface area contributed by atoms with E-state index in [9.17, 15) is 15.0 Å². The highest BCUT2D eigenvalue weighted by Crippen LogP contribution is 2.27. The van der Waals surface area contributed by atoms with Crippen molar-refractivity contribution in [1.29, 1.82) is 0 Å². The first kappa shape index (κ1) is 14.3. The molecule has 0 bridgehead atoms. The van der Waals surface area contributed by atoms with Crippen LogP contribution in [0.25, 0.3) is 0 Å². The Kier molecular flexibility index (Phi) is 4.84. The van der Waals surface area contributed by atoms with Crippen LogP contribution in [0.3, 0.4) is 0 Å². The average Bonchev–Trinajstić information content (AvgIpc) is 2.29. The molecule has 1 heterocycles. The van der Waals surface area contributed by atoms with Crippen molar-refractivity contribution in [2.24, 2.45) is 5.92 Å². The Bertz CT molecular complexity index is 267. The highest BCUT2D eigenvalue weighted by atomic mass is 16.7. The molecule has 7 nitrogen and oxygen atoms in total. The fraction of sp³-hybridized carbons (Fsp3) is 0.900. The molecule has 4 N–H and O–H groups in total. The number of carbonyl (C=O) groups is 1. The minimum Gasteiger partial charge on any atom is -0.479 e. The van der Waals surface area contributed by atoms with Gasteiger partial charge in [0.15, 0.2) is 12.4 Å². The van der Waals surface area contributed by atoms with Crippen LogP contribution in [0.15, 0.2) is 0 Å². The van der Waals surface area contributed by atoms with Crippen molar-refractivity contribution in [2.75, 3.05) is 6.61 Å². The number of rotatable bonds is 4. The summed E-state index contributed by atoms with van der Waals surface area (Å²) in [6.45, 7) is 2.43. The fourth-order valence-corrected chi connectivity index (χ4v) is 1.64. The third-order valence-electron chi connectivity index (χ3n) is 2.87. The number of aliphatic hydroxyl groups excluding tert-OH is 3. The van der Waals surface area contributed by atoms with Gasteiger partial charge in [-0.3, -0.25) is 0 Å². The Morgan fingerprint density at radius 3 is 2.47 bits per heavy atom. The molecule has 0 radical (unpaired) electrons. The summed E-state index contributed by atoms with van der Waals surface area (Å²) in [5, 5.41) is 36.9. The van der Waals surface area contributed by atoms with Gasteiger partial charge in [0.25, 0.3) is 0 Å². The predicted octanol–water partition coefficient (Wildman–Crippen LogP) is -1.45. The molecule has 0 aromatic heterocycles. The van der Waals surface area contributed by atoms with E-state index >= 15 is 0 Å². The van der Waals surface area contributed by atoms with Gasteiger partial charge in [-0.1, -0.05) is 6.92 Å². The lowest BCUT2D eigenvalue weighted by Gasteiger charge is -2.41. The molecule has 0 spiro atoms. The molecule has 6 atom stereocenters. The van der Waals surface area contributed by atoms with Gasteiger partial charge in [-0.05, 0) is 6.92 Å². The number of carboxylic acid groups (broad SMARTS) is 1. The van der Waals surface area contributed by atoms with E-state index in [0.29, 0.717) is 0 Å². The van der Waals surface area contributed by atoms with Gasteiger partial charge in [0, 0.05) is 5.92 Å². The molecule has 1 fully saturated rings. The maximum absolute atomic E-state index is 10.6.